The Kier molecular flexibility index (Phi) is 2.60. The maximum Gasteiger partial charge on any atom is 0.168 e. The van der Waals surface area contributed by atoms with Crippen molar-refractivity contribution in [1.82, 2.24) is 0 Å². The first-order chi connectivity index (χ1) is 5.61. The minimum absolute atomic E-state index is 0.0724. The van der Waals surface area contributed by atoms with Gasteiger partial charge in [0.15, 0.2) is 5.11 Å². The zero-order valence-corrected chi connectivity index (χ0v) is 7.41. The average Bonchev–Trinajstić information content (AvgIpc) is 1.97. The number of nitrogens with one attached hydrogen (secondary N) is 1. The predicted octanol–water partition coefficient (Wildman–Crippen LogP) is 1.79. The second-order valence-corrected chi connectivity index (χ2v) is 2.86. The highest BCUT2D eigenvalue weighted by Crippen LogP contribution is 2.17. The molecule has 0 atom stereocenters. The Hall–Kier alpha value is -1.16. The SMILES string of the molecule is Cc1cccc(F)c1NC(N)=S. The van der Waals surface area contributed by atoms with Crippen LogP contribution in [0, 0.1) is 12.7 Å². The predicted molar refractivity (Wildman–Crippen MR) is 51.5 cm³/mol. The molecule has 0 saturated carbocycles. The van der Waals surface area contributed by atoms with Crippen LogP contribution in [0.5, 0.6) is 0 Å². The van der Waals surface area contributed by atoms with E-state index < -0.39 is 0 Å². The molecule has 0 spiro atoms. The van der Waals surface area contributed by atoms with E-state index in [-0.39, 0.29) is 10.9 Å². The molecule has 0 aliphatic rings. The zero-order valence-electron chi connectivity index (χ0n) is 6.60. The number of rotatable bonds is 1. The minimum Gasteiger partial charge on any atom is -0.376 e. The highest BCUT2D eigenvalue weighted by atomic mass is 32.1. The van der Waals surface area contributed by atoms with Crippen LogP contribution in [0.1, 0.15) is 5.56 Å². The van der Waals surface area contributed by atoms with E-state index in [1.807, 2.05) is 0 Å². The van der Waals surface area contributed by atoms with E-state index in [9.17, 15) is 4.39 Å². The van der Waals surface area contributed by atoms with Gasteiger partial charge in [-0.25, -0.2) is 4.39 Å². The summed E-state index contributed by atoms with van der Waals surface area (Å²) in [5.41, 5.74) is 6.35. The van der Waals surface area contributed by atoms with Gasteiger partial charge >= 0.3 is 0 Å². The lowest BCUT2D eigenvalue weighted by Gasteiger charge is -2.07. The van der Waals surface area contributed by atoms with Crippen LogP contribution in [-0.4, -0.2) is 5.11 Å². The first-order valence-corrected chi connectivity index (χ1v) is 3.83. The number of aryl methyl sites for hydroxylation is 1. The molecule has 0 aliphatic heterocycles. The number of thiocarbonyl (C=S) groups is 1. The van der Waals surface area contributed by atoms with Crippen molar-refractivity contribution >= 4 is 23.0 Å². The fourth-order valence-corrected chi connectivity index (χ4v) is 1.02. The van der Waals surface area contributed by atoms with Gasteiger partial charge in [-0.15, -0.1) is 0 Å². The highest BCUT2D eigenvalue weighted by Gasteiger charge is 2.03. The van der Waals surface area contributed by atoms with Crippen molar-refractivity contribution in [3.8, 4) is 0 Å². The Morgan fingerprint density at radius 1 is 1.58 bits per heavy atom. The summed E-state index contributed by atoms with van der Waals surface area (Å²) >= 11 is 4.60. The van der Waals surface area contributed by atoms with Gasteiger partial charge < -0.3 is 11.1 Å². The Balaban J connectivity index is 3.04. The van der Waals surface area contributed by atoms with E-state index in [1.165, 1.54) is 6.07 Å². The second-order valence-electron chi connectivity index (χ2n) is 2.42. The molecule has 1 aromatic rings. The second kappa shape index (κ2) is 3.49. The Morgan fingerprint density at radius 3 is 2.75 bits per heavy atom. The van der Waals surface area contributed by atoms with Crippen LogP contribution in [0.4, 0.5) is 10.1 Å². The first-order valence-electron chi connectivity index (χ1n) is 3.43. The van der Waals surface area contributed by atoms with Gasteiger partial charge in [-0.05, 0) is 30.8 Å². The molecular formula is C8H9FN2S. The van der Waals surface area contributed by atoms with Crippen LogP contribution < -0.4 is 11.1 Å². The summed E-state index contributed by atoms with van der Waals surface area (Å²) < 4.78 is 13.0. The van der Waals surface area contributed by atoms with Gasteiger partial charge in [0.05, 0.1) is 5.69 Å². The molecule has 0 aliphatic carbocycles. The van der Waals surface area contributed by atoms with Gasteiger partial charge in [0.2, 0.25) is 0 Å². The van der Waals surface area contributed by atoms with Crippen LogP contribution in [0.15, 0.2) is 18.2 Å². The summed E-state index contributed by atoms with van der Waals surface area (Å²) in [6.45, 7) is 1.78. The highest BCUT2D eigenvalue weighted by molar-refractivity contribution is 7.80. The summed E-state index contributed by atoms with van der Waals surface area (Å²) in [5.74, 6) is -0.345. The molecule has 0 amide bonds. The molecule has 3 N–H and O–H groups in total. The minimum atomic E-state index is -0.345. The third-order valence-corrected chi connectivity index (χ3v) is 1.57. The van der Waals surface area contributed by atoms with E-state index in [0.717, 1.165) is 5.56 Å². The summed E-state index contributed by atoms with van der Waals surface area (Å²) in [6.07, 6.45) is 0. The zero-order chi connectivity index (χ0) is 9.14. The Bertz CT molecular complexity index is 292. The number of hydrogen-bond acceptors (Lipinski definition) is 1. The van der Waals surface area contributed by atoms with Crippen molar-refractivity contribution in [3.63, 3.8) is 0 Å². The fraction of sp³-hybridized carbons (Fsp3) is 0.125. The average molecular weight is 184 g/mol. The van der Waals surface area contributed by atoms with Crippen molar-refractivity contribution in [2.24, 2.45) is 5.73 Å². The fourth-order valence-electron chi connectivity index (χ4n) is 0.913. The van der Waals surface area contributed by atoms with Crippen molar-refractivity contribution in [1.29, 1.82) is 0 Å². The molecule has 1 rings (SSSR count). The smallest absolute Gasteiger partial charge is 0.168 e. The lowest BCUT2D eigenvalue weighted by Crippen LogP contribution is -2.20. The van der Waals surface area contributed by atoms with Crippen LogP contribution in [0.25, 0.3) is 0 Å². The van der Waals surface area contributed by atoms with Gasteiger partial charge in [0.1, 0.15) is 5.82 Å². The molecule has 0 fully saturated rings. The van der Waals surface area contributed by atoms with E-state index >= 15 is 0 Å². The Morgan fingerprint density at radius 2 is 2.25 bits per heavy atom. The molecule has 0 heterocycles. The van der Waals surface area contributed by atoms with Crippen LogP contribution in [-0.2, 0) is 0 Å². The molecular weight excluding hydrogens is 175 g/mol. The number of nitrogens with two attached hydrogens (primary N) is 1. The third-order valence-electron chi connectivity index (χ3n) is 1.47. The summed E-state index contributed by atoms with van der Waals surface area (Å²) in [5, 5.41) is 2.65. The van der Waals surface area contributed by atoms with E-state index in [2.05, 4.69) is 17.5 Å². The normalized spacial score (nSPS) is 9.50. The molecule has 0 unspecified atom stereocenters. The monoisotopic (exact) mass is 184 g/mol. The van der Waals surface area contributed by atoms with Crippen LogP contribution in [0.3, 0.4) is 0 Å². The molecule has 0 radical (unpaired) electrons. The summed E-state index contributed by atoms with van der Waals surface area (Å²) in [6, 6.07) is 4.77. The first kappa shape index (κ1) is 8.93. The van der Waals surface area contributed by atoms with Crippen molar-refractivity contribution in [2.45, 2.75) is 6.92 Å². The Labute approximate surface area is 75.6 Å². The molecule has 4 heteroatoms. The largest absolute Gasteiger partial charge is 0.376 e. The number of benzene rings is 1. The van der Waals surface area contributed by atoms with Crippen LogP contribution >= 0.6 is 12.2 Å². The van der Waals surface area contributed by atoms with Gasteiger partial charge in [0.25, 0.3) is 0 Å². The van der Waals surface area contributed by atoms with Gasteiger partial charge in [-0.3, -0.25) is 0 Å². The molecule has 12 heavy (non-hydrogen) atoms. The van der Waals surface area contributed by atoms with Crippen LogP contribution in [0.2, 0.25) is 0 Å². The lowest BCUT2D eigenvalue weighted by molar-refractivity contribution is 0.631. The van der Waals surface area contributed by atoms with Gasteiger partial charge in [0, 0.05) is 0 Å². The van der Waals surface area contributed by atoms with Gasteiger partial charge in [-0.2, -0.15) is 0 Å². The standard InChI is InChI=1S/C8H9FN2S/c1-5-3-2-4-6(9)7(5)11-8(10)12/h2-4H,1H3,(H3,10,11,12). The number of para-hydroxylation sites is 1. The molecule has 2 nitrogen and oxygen atoms in total. The number of anilines is 1. The number of hydrogen-bond donors (Lipinski definition) is 2. The van der Waals surface area contributed by atoms with Crippen molar-refractivity contribution < 1.29 is 4.39 Å². The topological polar surface area (TPSA) is 38.0 Å². The quantitative estimate of drug-likeness (QED) is 0.653. The van der Waals surface area contributed by atoms with E-state index in [1.54, 1.807) is 19.1 Å². The van der Waals surface area contributed by atoms with Crippen molar-refractivity contribution in [2.75, 3.05) is 5.32 Å². The maximum atomic E-state index is 13.0. The van der Waals surface area contributed by atoms with Crippen molar-refractivity contribution in [3.05, 3.63) is 29.6 Å². The van der Waals surface area contributed by atoms with Gasteiger partial charge in [-0.1, -0.05) is 12.1 Å². The summed E-state index contributed by atoms with van der Waals surface area (Å²) in [7, 11) is 0. The summed E-state index contributed by atoms with van der Waals surface area (Å²) in [4.78, 5) is 0. The number of halogens is 1. The molecule has 1 aromatic carbocycles. The third kappa shape index (κ3) is 1.92. The molecule has 0 saturated heterocycles. The lowest BCUT2D eigenvalue weighted by atomic mass is 10.2. The maximum absolute atomic E-state index is 13.0. The molecule has 64 valence electrons. The molecule has 0 aromatic heterocycles. The molecule has 0 bridgehead atoms. The van der Waals surface area contributed by atoms with E-state index in [4.69, 9.17) is 5.73 Å². The van der Waals surface area contributed by atoms with E-state index in [0.29, 0.717) is 5.69 Å².